The topological polar surface area (TPSA) is 71.3 Å². The predicted octanol–water partition coefficient (Wildman–Crippen LogP) is 2.65. The molecule has 0 spiro atoms. The smallest absolute Gasteiger partial charge is 0.270 e. The Morgan fingerprint density at radius 1 is 1.43 bits per heavy atom. The maximum atomic E-state index is 10.8. The monoisotopic (exact) mass is 286 g/mol. The van der Waals surface area contributed by atoms with Gasteiger partial charge >= 0.3 is 0 Å². The number of fused-ring (bicyclic) bond motifs is 1. The van der Waals surface area contributed by atoms with Gasteiger partial charge in [-0.05, 0) is 44.6 Å². The van der Waals surface area contributed by atoms with Crippen LogP contribution in [0.25, 0.3) is 10.9 Å². The van der Waals surface area contributed by atoms with Crippen LogP contribution in [0, 0.1) is 10.1 Å². The molecule has 0 saturated carbocycles. The minimum absolute atomic E-state index is 0.0950. The number of hydrogen-bond donors (Lipinski definition) is 1. The van der Waals surface area contributed by atoms with E-state index >= 15 is 0 Å². The van der Waals surface area contributed by atoms with E-state index in [2.05, 4.69) is 22.2 Å². The minimum atomic E-state index is -0.387. The highest BCUT2D eigenvalue weighted by molar-refractivity contribution is 5.82. The van der Waals surface area contributed by atoms with Crippen LogP contribution in [0.2, 0.25) is 0 Å². The zero-order valence-electron chi connectivity index (χ0n) is 12.0. The molecule has 2 heterocycles. The van der Waals surface area contributed by atoms with E-state index in [1.165, 1.54) is 18.9 Å². The van der Waals surface area contributed by atoms with E-state index in [1.807, 2.05) is 12.1 Å². The molecule has 21 heavy (non-hydrogen) atoms. The third kappa shape index (κ3) is 2.95. The largest absolute Gasteiger partial charge is 0.368 e. The number of rotatable bonds is 4. The zero-order chi connectivity index (χ0) is 14.8. The SMILES string of the molecule is CN1CCCC1CNc1ccc2cc([N+](=O)[O-])ccc2n1. The number of non-ortho nitro benzene ring substituents is 1. The molecule has 0 amide bonds. The summed E-state index contributed by atoms with van der Waals surface area (Å²) in [5, 5.41) is 14.9. The van der Waals surface area contributed by atoms with Crippen molar-refractivity contribution in [3.8, 4) is 0 Å². The summed E-state index contributed by atoms with van der Waals surface area (Å²) in [7, 11) is 2.15. The summed E-state index contributed by atoms with van der Waals surface area (Å²) in [4.78, 5) is 17.2. The average molecular weight is 286 g/mol. The molecule has 1 saturated heterocycles. The number of nitro benzene ring substituents is 1. The van der Waals surface area contributed by atoms with Gasteiger partial charge in [-0.3, -0.25) is 10.1 Å². The molecule has 1 atom stereocenters. The Morgan fingerprint density at radius 2 is 2.29 bits per heavy atom. The van der Waals surface area contributed by atoms with E-state index in [-0.39, 0.29) is 10.6 Å². The van der Waals surface area contributed by atoms with Crippen LogP contribution >= 0.6 is 0 Å². The van der Waals surface area contributed by atoms with Gasteiger partial charge in [0.1, 0.15) is 5.82 Å². The fraction of sp³-hybridized carbons (Fsp3) is 0.400. The number of anilines is 1. The molecule has 1 aliphatic heterocycles. The quantitative estimate of drug-likeness (QED) is 0.691. The number of benzene rings is 1. The van der Waals surface area contributed by atoms with Gasteiger partial charge in [-0.1, -0.05) is 0 Å². The van der Waals surface area contributed by atoms with Crippen LogP contribution in [0.15, 0.2) is 30.3 Å². The van der Waals surface area contributed by atoms with Crippen molar-refractivity contribution in [2.75, 3.05) is 25.5 Å². The molecule has 3 rings (SSSR count). The number of nitro groups is 1. The Labute approximate surface area is 122 Å². The van der Waals surface area contributed by atoms with Crippen molar-refractivity contribution in [2.24, 2.45) is 0 Å². The summed E-state index contributed by atoms with van der Waals surface area (Å²) < 4.78 is 0. The average Bonchev–Trinajstić information content (AvgIpc) is 2.89. The Bertz CT molecular complexity index is 674. The molecule has 6 nitrogen and oxygen atoms in total. The molecule has 1 fully saturated rings. The van der Waals surface area contributed by atoms with E-state index < -0.39 is 0 Å². The Balaban J connectivity index is 1.75. The highest BCUT2D eigenvalue weighted by Gasteiger charge is 2.20. The van der Waals surface area contributed by atoms with Gasteiger partial charge in [0.25, 0.3) is 5.69 Å². The lowest BCUT2D eigenvalue weighted by atomic mass is 10.2. The van der Waals surface area contributed by atoms with Crippen molar-refractivity contribution in [1.82, 2.24) is 9.88 Å². The van der Waals surface area contributed by atoms with Gasteiger partial charge in [0.2, 0.25) is 0 Å². The van der Waals surface area contributed by atoms with Gasteiger partial charge in [0.05, 0.1) is 10.4 Å². The molecule has 1 aromatic carbocycles. The molecule has 1 aliphatic rings. The number of hydrogen-bond acceptors (Lipinski definition) is 5. The standard InChI is InChI=1S/C15H18N4O2/c1-18-8-2-3-13(18)10-16-15-7-4-11-9-12(19(20)21)5-6-14(11)17-15/h4-7,9,13H,2-3,8,10H2,1H3,(H,16,17). The number of likely N-dealkylation sites (tertiary alicyclic amines) is 1. The summed E-state index contributed by atoms with van der Waals surface area (Å²) in [6.45, 7) is 2.03. The Morgan fingerprint density at radius 3 is 3.00 bits per heavy atom. The van der Waals surface area contributed by atoms with Gasteiger partial charge in [0, 0.05) is 30.1 Å². The van der Waals surface area contributed by atoms with Crippen molar-refractivity contribution >= 4 is 22.4 Å². The molecule has 110 valence electrons. The first kappa shape index (κ1) is 13.8. The molecule has 0 bridgehead atoms. The fourth-order valence-corrected chi connectivity index (χ4v) is 2.78. The van der Waals surface area contributed by atoms with Crippen LogP contribution < -0.4 is 5.32 Å². The number of pyridine rings is 1. The van der Waals surface area contributed by atoms with E-state index in [1.54, 1.807) is 12.1 Å². The lowest BCUT2D eigenvalue weighted by molar-refractivity contribution is -0.384. The highest BCUT2D eigenvalue weighted by atomic mass is 16.6. The summed E-state index contributed by atoms with van der Waals surface area (Å²) in [6, 6.07) is 9.04. The first-order valence-electron chi connectivity index (χ1n) is 7.13. The molecular weight excluding hydrogens is 268 g/mol. The van der Waals surface area contributed by atoms with Gasteiger partial charge in [0.15, 0.2) is 0 Å². The summed E-state index contributed by atoms with van der Waals surface area (Å²) >= 11 is 0. The molecule has 1 unspecified atom stereocenters. The van der Waals surface area contributed by atoms with Gasteiger partial charge in [-0.2, -0.15) is 0 Å². The number of aromatic nitrogens is 1. The van der Waals surface area contributed by atoms with Crippen LogP contribution in [-0.4, -0.2) is 41.0 Å². The van der Waals surface area contributed by atoms with Gasteiger partial charge in [-0.25, -0.2) is 4.98 Å². The Hall–Kier alpha value is -2.21. The van der Waals surface area contributed by atoms with E-state index in [0.717, 1.165) is 29.8 Å². The van der Waals surface area contributed by atoms with Crippen molar-refractivity contribution in [2.45, 2.75) is 18.9 Å². The second-order valence-electron chi connectivity index (χ2n) is 5.49. The van der Waals surface area contributed by atoms with Crippen LogP contribution in [-0.2, 0) is 0 Å². The van der Waals surface area contributed by atoms with Gasteiger partial charge in [-0.15, -0.1) is 0 Å². The second-order valence-corrected chi connectivity index (χ2v) is 5.49. The maximum absolute atomic E-state index is 10.8. The summed E-state index contributed by atoms with van der Waals surface area (Å²) in [6.07, 6.45) is 2.46. The number of nitrogens with one attached hydrogen (secondary N) is 1. The highest BCUT2D eigenvalue weighted by Crippen LogP contribution is 2.21. The molecular formula is C15H18N4O2. The van der Waals surface area contributed by atoms with Crippen molar-refractivity contribution in [3.05, 3.63) is 40.4 Å². The molecule has 1 N–H and O–H groups in total. The molecule has 1 aromatic heterocycles. The van der Waals surface area contributed by atoms with Crippen LogP contribution in [0.4, 0.5) is 11.5 Å². The second kappa shape index (κ2) is 5.65. The molecule has 0 radical (unpaired) electrons. The number of nitrogens with zero attached hydrogens (tertiary/aromatic N) is 3. The van der Waals surface area contributed by atoms with Crippen LogP contribution in [0.5, 0.6) is 0 Å². The van der Waals surface area contributed by atoms with E-state index in [4.69, 9.17) is 0 Å². The molecule has 0 aliphatic carbocycles. The molecule has 2 aromatic rings. The van der Waals surface area contributed by atoms with Crippen molar-refractivity contribution in [1.29, 1.82) is 0 Å². The Kier molecular flexibility index (Phi) is 3.70. The third-order valence-corrected chi connectivity index (χ3v) is 4.07. The lowest BCUT2D eigenvalue weighted by Gasteiger charge is -2.20. The normalized spacial score (nSPS) is 19.0. The summed E-state index contributed by atoms with van der Waals surface area (Å²) in [5.74, 6) is 0.816. The van der Waals surface area contributed by atoms with Crippen molar-refractivity contribution in [3.63, 3.8) is 0 Å². The fourth-order valence-electron chi connectivity index (χ4n) is 2.78. The molecule has 6 heteroatoms. The van der Waals surface area contributed by atoms with E-state index in [9.17, 15) is 10.1 Å². The third-order valence-electron chi connectivity index (χ3n) is 4.07. The maximum Gasteiger partial charge on any atom is 0.270 e. The first-order chi connectivity index (χ1) is 10.1. The zero-order valence-corrected chi connectivity index (χ0v) is 12.0. The van der Waals surface area contributed by atoms with Crippen LogP contribution in [0.3, 0.4) is 0 Å². The predicted molar refractivity (Wildman–Crippen MR) is 82.5 cm³/mol. The van der Waals surface area contributed by atoms with Gasteiger partial charge < -0.3 is 10.2 Å². The first-order valence-corrected chi connectivity index (χ1v) is 7.13. The van der Waals surface area contributed by atoms with Crippen molar-refractivity contribution < 1.29 is 4.92 Å². The lowest BCUT2D eigenvalue weighted by Crippen LogP contribution is -2.31. The van der Waals surface area contributed by atoms with Crippen LogP contribution in [0.1, 0.15) is 12.8 Å². The minimum Gasteiger partial charge on any atom is -0.368 e. The van der Waals surface area contributed by atoms with E-state index in [0.29, 0.717) is 6.04 Å². The summed E-state index contributed by atoms with van der Waals surface area (Å²) in [5.41, 5.74) is 0.864. The number of likely N-dealkylation sites (N-methyl/N-ethyl adjacent to an activating group) is 1.